The predicted octanol–water partition coefficient (Wildman–Crippen LogP) is 6.43. The van der Waals surface area contributed by atoms with Crippen LogP contribution in [-0.2, 0) is 6.54 Å². The molecule has 1 unspecified atom stereocenters. The molecular weight excluding hydrogens is 430 g/mol. The molecule has 0 fully saturated rings. The SMILES string of the molecule is CC(C)c1c(F)cc(NCC(F)(F)F)cc1F.CC(C)c1c(P)cccc1CN(C)C. The van der Waals surface area contributed by atoms with Gasteiger partial charge in [0.05, 0.1) is 0 Å². The van der Waals surface area contributed by atoms with Crippen LogP contribution in [0.15, 0.2) is 30.3 Å². The van der Waals surface area contributed by atoms with Gasteiger partial charge in [-0.1, -0.05) is 45.9 Å². The van der Waals surface area contributed by atoms with Crippen LogP contribution in [0.1, 0.15) is 56.2 Å². The standard InChI is InChI=1S/C12H20NP.C11H12F5N/c1-9(2)12-10(8-13(3)4)6-5-7-11(12)14;1-6(2)10-8(12)3-7(4-9(10)13)17-5-11(14,15)16/h5-7,9H,8,14H2,1-4H3;3-4,6,17H,5H2,1-2H3. The predicted molar refractivity (Wildman–Crippen MR) is 122 cm³/mol. The molecule has 0 bridgehead atoms. The second-order valence-corrected chi connectivity index (χ2v) is 8.91. The molecule has 0 radical (unpaired) electrons. The van der Waals surface area contributed by atoms with Crippen molar-refractivity contribution in [1.82, 2.24) is 4.90 Å². The molecule has 1 atom stereocenters. The maximum atomic E-state index is 13.4. The molecule has 0 spiro atoms. The molecule has 0 aliphatic heterocycles. The molecule has 8 heteroatoms. The quantitative estimate of drug-likeness (QED) is 0.393. The lowest BCUT2D eigenvalue weighted by molar-refractivity contribution is -0.115. The number of benzene rings is 2. The van der Waals surface area contributed by atoms with Crippen molar-refractivity contribution in [3.8, 4) is 0 Å². The highest BCUT2D eigenvalue weighted by Crippen LogP contribution is 2.26. The summed E-state index contributed by atoms with van der Waals surface area (Å²) >= 11 is 0. The first-order chi connectivity index (χ1) is 14.2. The topological polar surface area (TPSA) is 15.3 Å². The fourth-order valence-corrected chi connectivity index (χ4v) is 3.89. The first-order valence-electron chi connectivity index (χ1n) is 10.0. The van der Waals surface area contributed by atoms with Crippen LogP contribution in [0.5, 0.6) is 0 Å². The minimum absolute atomic E-state index is 0.123. The minimum atomic E-state index is -4.43. The Balaban J connectivity index is 0.000000316. The summed E-state index contributed by atoms with van der Waals surface area (Å²) in [6.07, 6.45) is -4.43. The highest BCUT2D eigenvalue weighted by Gasteiger charge is 2.27. The van der Waals surface area contributed by atoms with Gasteiger partial charge >= 0.3 is 6.18 Å². The fraction of sp³-hybridized carbons (Fsp3) is 0.478. The largest absolute Gasteiger partial charge is 0.405 e. The molecule has 2 aromatic carbocycles. The third kappa shape index (κ3) is 9.12. The summed E-state index contributed by atoms with van der Waals surface area (Å²) in [5.74, 6) is -1.46. The van der Waals surface area contributed by atoms with E-state index >= 15 is 0 Å². The molecule has 0 amide bonds. The second kappa shape index (κ2) is 11.8. The number of alkyl halides is 3. The van der Waals surface area contributed by atoms with E-state index in [-0.39, 0.29) is 17.2 Å². The van der Waals surface area contributed by atoms with Gasteiger partial charge in [-0.15, -0.1) is 9.24 Å². The first-order valence-corrected chi connectivity index (χ1v) is 10.6. The molecule has 31 heavy (non-hydrogen) atoms. The summed E-state index contributed by atoms with van der Waals surface area (Å²) in [5, 5.41) is 3.26. The van der Waals surface area contributed by atoms with E-state index in [1.54, 1.807) is 13.8 Å². The van der Waals surface area contributed by atoms with E-state index in [4.69, 9.17) is 0 Å². The van der Waals surface area contributed by atoms with Gasteiger partial charge in [0, 0.05) is 17.8 Å². The van der Waals surface area contributed by atoms with Crippen molar-refractivity contribution in [2.24, 2.45) is 0 Å². The zero-order chi connectivity index (χ0) is 23.9. The molecule has 0 aliphatic carbocycles. The first kappa shape index (κ1) is 27.3. The number of nitrogens with zero attached hydrogens (tertiary/aromatic N) is 1. The van der Waals surface area contributed by atoms with Crippen molar-refractivity contribution in [3.05, 3.63) is 58.7 Å². The summed E-state index contributed by atoms with van der Waals surface area (Å²) in [5.41, 5.74) is 2.58. The van der Waals surface area contributed by atoms with Crippen LogP contribution >= 0.6 is 9.24 Å². The maximum absolute atomic E-state index is 13.4. The van der Waals surface area contributed by atoms with Crippen molar-refractivity contribution in [3.63, 3.8) is 0 Å². The van der Waals surface area contributed by atoms with E-state index in [2.05, 4.69) is 60.3 Å². The van der Waals surface area contributed by atoms with Gasteiger partial charge in [-0.05, 0) is 54.5 Å². The second-order valence-electron chi connectivity index (χ2n) is 8.29. The zero-order valence-corrected chi connectivity index (χ0v) is 20.0. The summed E-state index contributed by atoms with van der Waals surface area (Å²) in [4.78, 5) is 2.21. The molecule has 2 aromatic rings. The molecule has 0 aliphatic rings. The highest BCUT2D eigenvalue weighted by atomic mass is 31.0. The summed E-state index contributed by atoms with van der Waals surface area (Å²) in [6, 6.07) is 8.25. The van der Waals surface area contributed by atoms with Crippen LogP contribution in [0, 0.1) is 11.6 Å². The average molecular weight is 462 g/mol. The number of hydrogen-bond acceptors (Lipinski definition) is 2. The lowest BCUT2D eigenvalue weighted by Crippen LogP contribution is -2.21. The molecule has 0 saturated carbocycles. The van der Waals surface area contributed by atoms with Crippen molar-refractivity contribution in [2.75, 3.05) is 26.0 Å². The summed E-state index contributed by atoms with van der Waals surface area (Å²) < 4.78 is 62.5. The Morgan fingerprint density at radius 3 is 1.87 bits per heavy atom. The smallest absolute Gasteiger partial charge is 0.376 e. The number of nitrogens with one attached hydrogen (secondary N) is 1. The summed E-state index contributed by atoms with van der Waals surface area (Å²) in [6.45, 7) is 7.40. The van der Waals surface area contributed by atoms with Gasteiger partial charge in [0.1, 0.15) is 18.2 Å². The van der Waals surface area contributed by atoms with E-state index in [0.717, 1.165) is 18.7 Å². The molecule has 174 valence electrons. The van der Waals surface area contributed by atoms with Gasteiger partial charge in [0.25, 0.3) is 0 Å². The van der Waals surface area contributed by atoms with Crippen molar-refractivity contribution in [2.45, 2.75) is 52.3 Å². The molecule has 0 saturated heterocycles. The Hall–Kier alpha value is -1.72. The van der Waals surface area contributed by atoms with E-state index in [1.807, 2.05) is 5.32 Å². The number of halogens is 5. The molecule has 0 heterocycles. The Morgan fingerprint density at radius 2 is 1.45 bits per heavy atom. The van der Waals surface area contributed by atoms with Crippen LogP contribution in [0.2, 0.25) is 0 Å². The zero-order valence-electron chi connectivity index (χ0n) is 18.9. The Morgan fingerprint density at radius 1 is 0.935 bits per heavy atom. The van der Waals surface area contributed by atoms with Crippen LogP contribution in [0.3, 0.4) is 0 Å². The van der Waals surface area contributed by atoms with Crippen LogP contribution in [0.25, 0.3) is 0 Å². The van der Waals surface area contributed by atoms with E-state index < -0.39 is 24.4 Å². The average Bonchev–Trinajstić information content (AvgIpc) is 2.58. The van der Waals surface area contributed by atoms with E-state index in [0.29, 0.717) is 5.92 Å². The molecule has 1 N–H and O–H groups in total. The summed E-state index contributed by atoms with van der Waals surface area (Å²) in [7, 11) is 7.05. The molecular formula is C23H32F5N2P. The van der Waals surface area contributed by atoms with Crippen LogP contribution in [0.4, 0.5) is 27.6 Å². The fourth-order valence-electron chi connectivity index (χ4n) is 3.26. The third-order valence-corrected chi connectivity index (χ3v) is 4.95. The van der Waals surface area contributed by atoms with Gasteiger partial charge in [-0.2, -0.15) is 13.2 Å². The number of hydrogen-bond donors (Lipinski definition) is 1. The molecule has 0 aromatic heterocycles. The minimum Gasteiger partial charge on any atom is -0.376 e. The lowest BCUT2D eigenvalue weighted by atomic mass is 9.97. The molecule has 2 rings (SSSR count). The monoisotopic (exact) mass is 462 g/mol. The van der Waals surface area contributed by atoms with Crippen molar-refractivity contribution < 1.29 is 22.0 Å². The van der Waals surface area contributed by atoms with Crippen molar-refractivity contribution >= 4 is 20.2 Å². The van der Waals surface area contributed by atoms with Crippen LogP contribution < -0.4 is 10.6 Å². The van der Waals surface area contributed by atoms with Crippen LogP contribution in [-0.4, -0.2) is 31.7 Å². The maximum Gasteiger partial charge on any atom is 0.405 e. The van der Waals surface area contributed by atoms with E-state index in [9.17, 15) is 22.0 Å². The van der Waals surface area contributed by atoms with Gasteiger partial charge in [0.15, 0.2) is 0 Å². The van der Waals surface area contributed by atoms with Gasteiger partial charge < -0.3 is 10.2 Å². The van der Waals surface area contributed by atoms with Gasteiger partial charge in [-0.25, -0.2) is 8.78 Å². The Kier molecular flexibility index (Phi) is 10.4. The van der Waals surface area contributed by atoms with E-state index in [1.165, 1.54) is 16.4 Å². The normalized spacial score (nSPS) is 11.7. The lowest BCUT2D eigenvalue weighted by Gasteiger charge is -2.18. The number of rotatable bonds is 6. The third-order valence-electron chi connectivity index (χ3n) is 4.44. The Bertz CT molecular complexity index is 825. The van der Waals surface area contributed by atoms with Gasteiger partial charge in [0.2, 0.25) is 0 Å². The highest BCUT2D eigenvalue weighted by molar-refractivity contribution is 7.27. The number of anilines is 1. The van der Waals surface area contributed by atoms with Gasteiger partial charge in [-0.3, -0.25) is 0 Å². The van der Waals surface area contributed by atoms with Crippen molar-refractivity contribution in [1.29, 1.82) is 0 Å². The molecule has 2 nitrogen and oxygen atoms in total. The Labute approximate surface area is 184 Å².